The summed E-state index contributed by atoms with van der Waals surface area (Å²) in [5.41, 5.74) is 4.82. The Labute approximate surface area is 122 Å². The second-order valence-corrected chi connectivity index (χ2v) is 5.93. The number of hydrogen-bond acceptors (Lipinski definition) is 4. The van der Waals surface area contributed by atoms with E-state index >= 15 is 0 Å². The van der Waals surface area contributed by atoms with Crippen LogP contribution >= 0.6 is 11.3 Å². The Hall–Kier alpha value is -1.78. The molecule has 0 aromatic carbocycles. The number of pyridine rings is 2. The predicted octanol–water partition coefficient (Wildman–Crippen LogP) is 3.85. The highest BCUT2D eigenvalue weighted by Gasteiger charge is 2.08. The lowest BCUT2D eigenvalue weighted by atomic mass is 10.1. The van der Waals surface area contributed by atoms with Crippen LogP contribution in [0.1, 0.15) is 29.7 Å². The van der Waals surface area contributed by atoms with E-state index in [4.69, 9.17) is 0 Å². The normalized spacial score (nSPS) is 12.7. The molecule has 4 heteroatoms. The number of aryl methyl sites for hydroxylation is 1. The zero-order chi connectivity index (χ0) is 13.9. The molecule has 1 atom stereocenters. The van der Waals surface area contributed by atoms with Crippen molar-refractivity contribution in [3.8, 4) is 0 Å². The minimum absolute atomic E-state index is 0.279. The number of rotatable bonds is 4. The Kier molecular flexibility index (Phi) is 3.76. The van der Waals surface area contributed by atoms with Crippen LogP contribution in [0.5, 0.6) is 0 Å². The van der Waals surface area contributed by atoms with Crippen molar-refractivity contribution >= 4 is 21.6 Å². The Morgan fingerprint density at radius 1 is 1.30 bits per heavy atom. The summed E-state index contributed by atoms with van der Waals surface area (Å²) in [5.74, 6) is 0. The van der Waals surface area contributed by atoms with Crippen LogP contribution in [0.15, 0.2) is 42.2 Å². The maximum atomic E-state index is 4.50. The van der Waals surface area contributed by atoms with Gasteiger partial charge in [0.05, 0.1) is 10.2 Å². The summed E-state index contributed by atoms with van der Waals surface area (Å²) < 4.78 is 1.25. The topological polar surface area (TPSA) is 37.8 Å². The van der Waals surface area contributed by atoms with Crippen LogP contribution in [0.3, 0.4) is 0 Å². The summed E-state index contributed by atoms with van der Waals surface area (Å²) in [5, 5.41) is 5.63. The fraction of sp³-hybridized carbons (Fsp3) is 0.250. The molecule has 0 aliphatic carbocycles. The standard InChI is InChI=1S/C16H17N3S/c1-11-8-17-5-3-13(11)9-18-12(2)14-7-16-15(19-10-14)4-6-20-16/h3-8,10,12,18H,9H2,1-2H3. The van der Waals surface area contributed by atoms with Crippen LogP contribution < -0.4 is 5.32 Å². The first-order chi connectivity index (χ1) is 9.74. The summed E-state index contributed by atoms with van der Waals surface area (Å²) in [6, 6.07) is 6.63. The average molecular weight is 283 g/mol. The fourth-order valence-corrected chi connectivity index (χ4v) is 2.97. The van der Waals surface area contributed by atoms with E-state index in [2.05, 4.69) is 52.7 Å². The molecule has 0 amide bonds. The largest absolute Gasteiger partial charge is 0.306 e. The van der Waals surface area contributed by atoms with E-state index in [1.165, 1.54) is 21.4 Å². The van der Waals surface area contributed by atoms with Crippen LogP contribution in [0.4, 0.5) is 0 Å². The van der Waals surface area contributed by atoms with Crippen molar-refractivity contribution < 1.29 is 0 Å². The molecule has 0 aliphatic rings. The molecule has 3 rings (SSSR count). The maximum absolute atomic E-state index is 4.50. The third kappa shape index (κ3) is 2.71. The van der Waals surface area contributed by atoms with Gasteiger partial charge in [0.25, 0.3) is 0 Å². The fourth-order valence-electron chi connectivity index (χ4n) is 2.18. The Balaban J connectivity index is 1.72. The molecule has 102 valence electrons. The highest BCUT2D eigenvalue weighted by atomic mass is 32.1. The predicted molar refractivity (Wildman–Crippen MR) is 83.8 cm³/mol. The van der Waals surface area contributed by atoms with E-state index in [-0.39, 0.29) is 6.04 Å². The number of nitrogens with one attached hydrogen (secondary N) is 1. The summed E-state index contributed by atoms with van der Waals surface area (Å²) in [6.07, 6.45) is 5.71. The molecule has 0 fully saturated rings. The van der Waals surface area contributed by atoms with Crippen molar-refractivity contribution in [2.45, 2.75) is 26.4 Å². The van der Waals surface area contributed by atoms with Gasteiger partial charge in [0.2, 0.25) is 0 Å². The summed E-state index contributed by atoms with van der Waals surface area (Å²) in [6.45, 7) is 5.11. The third-order valence-electron chi connectivity index (χ3n) is 3.56. The number of nitrogens with zero attached hydrogens (tertiary/aromatic N) is 2. The van der Waals surface area contributed by atoms with Gasteiger partial charge in [0.15, 0.2) is 0 Å². The first kappa shape index (κ1) is 13.2. The lowest BCUT2D eigenvalue weighted by Gasteiger charge is -2.15. The van der Waals surface area contributed by atoms with E-state index in [0.29, 0.717) is 0 Å². The van der Waals surface area contributed by atoms with Gasteiger partial charge in [-0.3, -0.25) is 9.97 Å². The summed E-state index contributed by atoms with van der Waals surface area (Å²) >= 11 is 1.74. The molecule has 0 saturated carbocycles. The van der Waals surface area contributed by atoms with Gasteiger partial charge >= 0.3 is 0 Å². The molecule has 3 aromatic rings. The van der Waals surface area contributed by atoms with Crippen LogP contribution in [0, 0.1) is 6.92 Å². The number of aromatic nitrogens is 2. The van der Waals surface area contributed by atoms with Gasteiger partial charge in [-0.05, 0) is 54.1 Å². The minimum Gasteiger partial charge on any atom is -0.306 e. The van der Waals surface area contributed by atoms with Gasteiger partial charge in [-0.25, -0.2) is 0 Å². The Morgan fingerprint density at radius 3 is 3.05 bits per heavy atom. The minimum atomic E-state index is 0.279. The molecule has 0 saturated heterocycles. The SMILES string of the molecule is Cc1cnccc1CNC(C)c1cnc2ccsc2c1. The number of fused-ring (bicyclic) bond motifs is 1. The van der Waals surface area contributed by atoms with E-state index in [1.54, 1.807) is 11.3 Å². The van der Waals surface area contributed by atoms with Gasteiger partial charge in [0, 0.05) is 31.2 Å². The molecule has 3 heterocycles. The lowest BCUT2D eigenvalue weighted by molar-refractivity contribution is 0.572. The molecule has 0 radical (unpaired) electrons. The monoisotopic (exact) mass is 283 g/mol. The average Bonchev–Trinajstić information content (AvgIpc) is 2.93. The van der Waals surface area contributed by atoms with Crippen molar-refractivity contribution in [3.05, 3.63) is 58.9 Å². The second-order valence-electron chi connectivity index (χ2n) is 4.98. The molecule has 3 aromatic heterocycles. The van der Waals surface area contributed by atoms with E-state index in [9.17, 15) is 0 Å². The highest BCUT2D eigenvalue weighted by molar-refractivity contribution is 7.17. The second kappa shape index (κ2) is 5.69. The summed E-state index contributed by atoms with van der Waals surface area (Å²) in [7, 11) is 0. The van der Waals surface area contributed by atoms with Crippen molar-refractivity contribution in [1.29, 1.82) is 0 Å². The molecule has 1 N–H and O–H groups in total. The Bertz CT molecular complexity index is 720. The van der Waals surface area contributed by atoms with Gasteiger partial charge in [0.1, 0.15) is 0 Å². The summed E-state index contributed by atoms with van der Waals surface area (Å²) in [4.78, 5) is 8.62. The molecule has 0 bridgehead atoms. The first-order valence-electron chi connectivity index (χ1n) is 6.70. The van der Waals surface area contributed by atoms with Crippen molar-refractivity contribution in [2.75, 3.05) is 0 Å². The zero-order valence-electron chi connectivity index (χ0n) is 11.6. The Morgan fingerprint density at radius 2 is 2.20 bits per heavy atom. The van der Waals surface area contributed by atoms with E-state index < -0.39 is 0 Å². The van der Waals surface area contributed by atoms with E-state index in [0.717, 1.165) is 12.1 Å². The van der Waals surface area contributed by atoms with Crippen LogP contribution in [0.25, 0.3) is 10.2 Å². The maximum Gasteiger partial charge on any atom is 0.0809 e. The van der Waals surface area contributed by atoms with Crippen LogP contribution in [-0.4, -0.2) is 9.97 Å². The molecular weight excluding hydrogens is 266 g/mol. The molecule has 3 nitrogen and oxygen atoms in total. The van der Waals surface area contributed by atoms with Crippen LogP contribution in [0.2, 0.25) is 0 Å². The third-order valence-corrected chi connectivity index (χ3v) is 4.41. The van der Waals surface area contributed by atoms with Gasteiger partial charge in [-0.15, -0.1) is 11.3 Å². The van der Waals surface area contributed by atoms with Crippen molar-refractivity contribution in [1.82, 2.24) is 15.3 Å². The first-order valence-corrected chi connectivity index (χ1v) is 7.58. The molecule has 0 spiro atoms. The zero-order valence-corrected chi connectivity index (χ0v) is 12.4. The highest BCUT2D eigenvalue weighted by Crippen LogP contribution is 2.22. The molecule has 0 aliphatic heterocycles. The number of thiophene rings is 1. The van der Waals surface area contributed by atoms with Crippen molar-refractivity contribution in [2.24, 2.45) is 0 Å². The molecule has 1 unspecified atom stereocenters. The molecule has 20 heavy (non-hydrogen) atoms. The smallest absolute Gasteiger partial charge is 0.0809 e. The number of hydrogen-bond donors (Lipinski definition) is 1. The van der Waals surface area contributed by atoms with E-state index in [1.807, 2.05) is 18.6 Å². The quantitative estimate of drug-likeness (QED) is 0.790. The van der Waals surface area contributed by atoms with Gasteiger partial charge in [-0.2, -0.15) is 0 Å². The molecular formula is C16H17N3S. The van der Waals surface area contributed by atoms with Crippen molar-refractivity contribution in [3.63, 3.8) is 0 Å². The van der Waals surface area contributed by atoms with Gasteiger partial charge in [-0.1, -0.05) is 0 Å². The van der Waals surface area contributed by atoms with Crippen LogP contribution in [-0.2, 0) is 6.54 Å². The lowest BCUT2D eigenvalue weighted by Crippen LogP contribution is -2.18. The van der Waals surface area contributed by atoms with Gasteiger partial charge < -0.3 is 5.32 Å².